The van der Waals surface area contributed by atoms with Crippen LogP contribution in [-0.4, -0.2) is 17.1 Å². The summed E-state index contributed by atoms with van der Waals surface area (Å²) in [5.74, 6) is 0. The van der Waals surface area contributed by atoms with Crippen molar-refractivity contribution in [2.75, 3.05) is 0 Å². The molecule has 1 heterocycles. The van der Waals surface area contributed by atoms with Gasteiger partial charge in [-0.1, -0.05) is 12.1 Å². The van der Waals surface area contributed by atoms with Gasteiger partial charge in [-0.25, -0.2) is 8.78 Å². The summed E-state index contributed by atoms with van der Waals surface area (Å²) in [7, 11) is 0. The molecule has 0 fully saturated rings. The fourth-order valence-corrected chi connectivity index (χ4v) is 2.30. The first-order valence-corrected chi connectivity index (χ1v) is 5.63. The van der Waals surface area contributed by atoms with Crippen LogP contribution in [0.2, 0.25) is 0 Å². The minimum absolute atomic E-state index is 0.0991. The highest BCUT2D eigenvalue weighted by molar-refractivity contribution is 6.31. The Kier molecular flexibility index (Phi) is 2.51. The van der Waals surface area contributed by atoms with E-state index in [-0.39, 0.29) is 17.7 Å². The fraction of sp³-hybridized carbons (Fsp3) is 0.154. The van der Waals surface area contributed by atoms with Crippen LogP contribution < -0.4 is 0 Å². The van der Waals surface area contributed by atoms with Crippen LogP contribution in [-0.2, 0) is 0 Å². The normalized spacial score (nSPS) is 16.5. The molecule has 1 aromatic rings. The van der Waals surface area contributed by atoms with Crippen LogP contribution >= 0.6 is 0 Å². The molecule has 0 aromatic heterocycles. The van der Waals surface area contributed by atoms with E-state index < -0.39 is 11.3 Å². The molecule has 0 saturated heterocycles. The number of rotatable bonds is 2. The van der Waals surface area contributed by atoms with Gasteiger partial charge in [0.05, 0.1) is 21.9 Å². The molecule has 1 aromatic carbocycles. The summed E-state index contributed by atoms with van der Waals surface area (Å²) >= 11 is 0. The highest BCUT2D eigenvalue weighted by Crippen LogP contribution is 2.43. The molecular formula is C13H8F2N2O2. The number of alkyl halides is 2. The van der Waals surface area contributed by atoms with E-state index in [1.165, 1.54) is 18.2 Å². The quantitative estimate of drug-likeness (QED) is 0.603. The molecule has 2 aliphatic rings. The lowest BCUT2D eigenvalue weighted by Gasteiger charge is -2.11. The molecule has 4 nitrogen and oxygen atoms in total. The summed E-state index contributed by atoms with van der Waals surface area (Å²) in [6, 6.07) is 4.55. The number of fused-ring (bicyclic) bond motifs is 3. The molecule has 0 radical (unpaired) electrons. The van der Waals surface area contributed by atoms with Gasteiger partial charge in [0.1, 0.15) is 0 Å². The van der Waals surface area contributed by atoms with Gasteiger partial charge in [-0.15, -0.1) is 0 Å². The Labute approximate surface area is 106 Å². The van der Waals surface area contributed by atoms with Crippen molar-refractivity contribution in [2.45, 2.75) is 12.8 Å². The van der Waals surface area contributed by atoms with Crippen molar-refractivity contribution in [3.63, 3.8) is 0 Å². The van der Waals surface area contributed by atoms with Crippen molar-refractivity contribution in [3.05, 3.63) is 51.6 Å². The number of nitro groups is 1. The highest BCUT2D eigenvalue weighted by Gasteiger charge is 2.31. The van der Waals surface area contributed by atoms with Gasteiger partial charge in [-0.05, 0) is 12.1 Å². The number of nitro benzene ring substituents is 1. The van der Waals surface area contributed by atoms with Gasteiger partial charge in [-0.3, -0.25) is 15.1 Å². The molecule has 96 valence electrons. The van der Waals surface area contributed by atoms with Crippen molar-refractivity contribution >= 4 is 22.7 Å². The molecule has 0 unspecified atom stereocenters. The van der Waals surface area contributed by atoms with E-state index in [1.54, 1.807) is 12.1 Å². The number of hydrogen-bond acceptors (Lipinski definition) is 3. The lowest BCUT2D eigenvalue weighted by Crippen LogP contribution is -2.07. The molecule has 3 rings (SSSR count). The minimum Gasteiger partial charge on any atom is -0.258 e. The van der Waals surface area contributed by atoms with Gasteiger partial charge < -0.3 is 0 Å². The van der Waals surface area contributed by atoms with Crippen molar-refractivity contribution in [1.82, 2.24) is 0 Å². The van der Waals surface area contributed by atoms with Gasteiger partial charge in [0, 0.05) is 23.6 Å². The smallest absolute Gasteiger partial charge is 0.258 e. The zero-order valence-electron chi connectivity index (χ0n) is 9.64. The predicted molar refractivity (Wildman–Crippen MR) is 66.9 cm³/mol. The number of halogens is 2. The molecule has 0 atom stereocenters. The number of benzene rings is 1. The molecule has 1 aliphatic heterocycles. The number of allylic oxidation sites excluding steroid dienone is 4. The van der Waals surface area contributed by atoms with Crippen LogP contribution in [0, 0.1) is 10.1 Å². The first-order valence-electron chi connectivity index (χ1n) is 5.63. The Bertz CT molecular complexity index is 675. The fourth-order valence-electron chi connectivity index (χ4n) is 2.30. The average molecular weight is 262 g/mol. The second kappa shape index (κ2) is 4.08. The third-order valence-corrected chi connectivity index (χ3v) is 3.15. The zero-order valence-corrected chi connectivity index (χ0v) is 9.64. The maximum atomic E-state index is 12.7. The Hall–Kier alpha value is -2.37. The van der Waals surface area contributed by atoms with Gasteiger partial charge in [-0.2, -0.15) is 0 Å². The maximum absolute atomic E-state index is 12.7. The van der Waals surface area contributed by atoms with Crippen molar-refractivity contribution in [2.24, 2.45) is 4.99 Å². The molecular weight excluding hydrogens is 254 g/mol. The Balaban J connectivity index is 2.18. The predicted octanol–water partition coefficient (Wildman–Crippen LogP) is 3.66. The number of hydrogen-bond donors (Lipinski definition) is 0. The van der Waals surface area contributed by atoms with Crippen LogP contribution in [0.15, 0.2) is 40.9 Å². The summed E-state index contributed by atoms with van der Waals surface area (Å²) in [4.78, 5) is 14.8. The summed E-state index contributed by atoms with van der Waals surface area (Å²) in [6.45, 7) is 0. The molecule has 0 saturated carbocycles. The van der Waals surface area contributed by atoms with E-state index in [9.17, 15) is 18.9 Å². The standard InChI is InChI=1S/C13H8F2N2O2/c14-13(15)7-4-5-9-8(6-7)12-10(16-9)2-1-3-11(12)17(18)19/h1-4,6,13H,5H2. The molecule has 0 amide bonds. The van der Waals surface area contributed by atoms with Crippen LogP contribution in [0.4, 0.5) is 20.2 Å². The summed E-state index contributed by atoms with van der Waals surface area (Å²) in [5.41, 5.74) is 1.65. The Morgan fingerprint density at radius 2 is 2.16 bits per heavy atom. The third kappa shape index (κ3) is 1.76. The topological polar surface area (TPSA) is 55.5 Å². The second-order valence-electron chi connectivity index (χ2n) is 4.25. The molecule has 0 bridgehead atoms. The SMILES string of the molecule is O=[N+]([O-])c1cccc2c1C1=CC(C(F)F)=CCC1=N2. The lowest BCUT2D eigenvalue weighted by molar-refractivity contribution is -0.385. The molecule has 6 heteroatoms. The summed E-state index contributed by atoms with van der Waals surface area (Å²) in [5, 5.41) is 11.0. The van der Waals surface area contributed by atoms with E-state index in [4.69, 9.17) is 0 Å². The molecule has 19 heavy (non-hydrogen) atoms. The van der Waals surface area contributed by atoms with E-state index in [0.29, 0.717) is 22.5 Å². The Morgan fingerprint density at radius 3 is 2.84 bits per heavy atom. The van der Waals surface area contributed by atoms with Crippen LogP contribution in [0.5, 0.6) is 0 Å². The number of nitrogens with zero attached hydrogens (tertiary/aromatic N) is 2. The molecule has 1 aliphatic carbocycles. The Morgan fingerprint density at radius 1 is 1.37 bits per heavy atom. The minimum atomic E-state index is -2.58. The van der Waals surface area contributed by atoms with Gasteiger partial charge >= 0.3 is 0 Å². The van der Waals surface area contributed by atoms with Crippen molar-refractivity contribution in [1.29, 1.82) is 0 Å². The highest BCUT2D eigenvalue weighted by atomic mass is 19.3. The zero-order chi connectivity index (χ0) is 13.6. The van der Waals surface area contributed by atoms with E-state index >= 15 is 0 Å². The monoisotopic (exact) mass is 262 g/mol. The van der Waals surface area contributed by atoms with Gasteiger partial charge in [0.15, 0.2) is 0 Å². The van der Waals surface area contributed by atoms with E-state index in [0.717, 1.165) is 0 Å². The van der Waals surface area contributed by atoms with E-state index in [1.807, 2.05) is 0 Å². The summed E-state index contributed by atoms with van der Waals surface area (Å²) in [6.07, 6.45) is 0.398. The van der Waals surface area contributed by atoms with Gasteiger partial charge in [0.25, 0.3) is 12.1 Å². The third-order valence-electron chi connectivity index (χ3n) is 3.15. The van der Waals surface area contributed by atoms with E-state index in [2.05, 4.69) is 4.99 Å². The van der Waals surface area contributed by atoms with Crippen molar-refractivity contribution in [3.8, 4) is 0 Å². The van der Waals surface area contributed by atoms with Crippen LogP contribution in [0.1, 0.15) is 12.0 Å². The number of aliphatic imine (C=N–C) groups is 1. The lowest BCUT2D eigenvalue weighted by atomic mass is 9.93. The van der Waals surface area contributed by atoms with Crippen molar-refractivity contribution < 1.29 is 13.7 Å². The van der Waals surface area contributed by atoms with Gasteiger partial charge in [0.2, 0.25) is 0 Å². The maximum Gasteiger partial charge on any atom is 0.279 e. The van der Waals surface area contributed by atoms with Crippen LogP contribution in [0.3, 0.4) is 0 Å². The first-order chi connectivity index (χ1) is 9.08. The largest absolute Gasteiger partial charge is 0.279 e. The molecule has 0 spiro atoms. The molecule has 0 N–H and O–H groups in total. The van der Waals surface area contributed by atoms with Crippen LogP contribution in [0.25, 0.3) is 5.57 Å². The summed E-state index contributed by atoms with van der Waals surface area (Å²) < 4.78 is 25.5. The second-order valence-corrected chi connectivity index (χ2v) is 4.25. The average Bonchev–Trinajstić information content (AvgIpc) is 2.75. The first kappa shape index (κ1) is 11.7.